The SMILES string of the molecule is NC1CCC(C(=O)OCC(F)(F)F)CC1. The molecule has 0 radical (unpaired) electrons. The molecule has 3 nitrogen and oxygen atoms in total. The van der Waals surface area contributed by atoms with Gasteiger partial charge < -0.3 is 10.5 Å². The van der Waals surface area contributed by atoms with Crippen LogP contribution in [0, 0.1) is 5.92 Å². The smallest absolute Gasteiger partial charge is 0.422 e. The van der Waals surface area contributed by atoms with Crippen LogP contribution in [0.1, 0.15) is 25.7 Å². The van der Waals surface area contributed by atoms with Crippen molar-refractivity contribution in [2.75, 3.05) is 6.61 Å². The predicted octanol–water partition coefficient (Wildman–Crippen LogP) is 1.61. The second kappa shape index (κ2) is 4.83. The highest BCUT2D eigenvalue weighted by molar-refractivity contribution is 5.72. The summed E-state index contributed by atoms with van der Waals surface area (Å²) in [6.45, 7) is -1.49. The van der Waals surface area contributed by atoms with Gasteiger partial charge in [0.1, 0.15) is 0 Å². The highest BCUT2D eigenvalue weighted by Crippen LogP contribution is 2.25. The summed E-state index contributed by atoms with van der Waals surface area (Å²) < 4.78 is 39.4. The Morgan fingerprint density at radius 3 is 2.27 bits per heavy atom. The van der Waals surface area contributed by atoms with Crippen LogP contribution >= 0.6 is 0 Å². The average molecular weight is 225 g/mol. The minimum absolute atomic E-state index is 0.0664. The van der Waals surface area contributed by atoms with E-state index in [1.165, 1.54) is 0 Å². The molecule has 0 bridgehead atoms. The van der Waals surface area contributed by atoms with E-state index < -0.39 is 24.7 Å². The van der Waals surface area contributed by atoms with Gasteiger partial charge >= 0.3 is 12.1 Å². The first kappa shape index (κ1) is 12.3. The number of ether oxygens (including phenoxy) is 1. The Kier molecular flexibility index (Phi) is 3.96. The van der Waals surface area contributed by atoms with Crippen LogP contribution in [0.15, 0.2) is 0 Å². The zero-order chi connectivity index (χ0) is 11.5. The quantitative estimate of drug-likeness (QED) is 0.726. The first-order valence-corrected chi connectivity index (χ1v) is 4.87. The first-order valence-electron chi connectivity index (χ1n) is 4.87. The van der Waals surface area contributed by atoms with Crippen LogP contribution < -0.4 is 5.73 Å². The lowest BCUT2D eigenvalue weighted by atomic mass is 9.86. The molecule has 0 unspecified atom stereocenters. The van der Waals surface area contributed by atoms with E-state index in [0.717, 1.165) is 0 Å². The van der Waals surface area contributed by atoms with Crippen molar-refractivity contribution < 1.29 is 22.7 Å². The maximum atomic E-state index is 11.7. The second-order valence-corrected chi connectivity index (χ2v) is 3.83. The number of alkyl halides is 3. The summed E-state index contributed by atoms with van der Waals surface area (Å²) in [5.74, 6) is -1.16. The van der Waals surface area contributed by atoms with Crippen molar-refractivity contribution in [1.29, 1.82) is 0 Å². The Labute approximate surface area is 85.8 Å². The largest absolute Gasteiger partial charge is 0.456 e. The van der Waals surface area contributed by atoms with E-state index in [-0.39, 0.29) is 6.04 Å². The van der Waals surface area contributed by atoms with Crippen LogP contribution in [-0.4, -0.2) is 24.8 Å². The summed E-state index contributed by atoms with van der Waals surface area (Å²) >= 11 is 0. The lowest BCUT2D eigenvalue weighted by molar-refractivity contribution is -0.189. The Hall–Kier alpha value is -0.780. The number of esters is 1. The summed E-state index contributed by atoms with van der Waals surface area (Å²) in [5, 5.41) is 0. The third-order valence-electron chi connectivity index (χ3n) is 2.48. The zero-order valence-electron chi connectivity index (χ0n) is 8.22. The second-order valence-electron chi connectivity index (χ2n) is 3.83. The number of hydrogen-bond donors (Lipinski definition) is 1. The number of hydrogen-bond acceptors (Lipinski definition) is 3. The molecule has 0 spiro atoms. The molecule has 1 saturated carbocycles. The molecular weight excluding hydrogens is 211 g/mol. The molecule has 1 fully saturated rings. The van der Waals surface area contributed by atoms with Crippen LogP contribution in [-0.2, 0) is 9.53 Å². The van der Waals surface area contributed by atoms with Gasteiger partial charge in [0.25, 0.3) is 0 Å². The van der Waals surface area contributed by atoms with E-state index in [9.17, 15) is 18.0 Å². The van der Waals surface area contributed by atoms with Crippen molar-refractivity contribution in [3.05, 3.63) is 0 Å². The fraction of sp³-hybridized carbons (Fsp3) is 0.889. The van der Waals surface area contributed by atoms with Gasteiger partial charge in [-0.15, -0.1) is 0 Å². The van der Waals surface area contributed by atoms with E-state index in [0.29, 0.717) is 25.7 Å². The van der Waals surface area contributed by atoms with Crippen molar-refractivity contribution in [3.63, 3.8) is 0 Å². The Morgan fingerprint density at radius 1 is 1.27 bits per heavy atom. The van der Waals surface area contributed by atoms with Gasteiger partial charge in [0.2, 0.25) is 0 Å². The van der Waals surface area contributed by atoms with Gasteiger partial charge in [-0.2, -0.15) is 13.2 Å². The molecule has 0 atom stereocenters. The van der Waals surface area contributed by atoms with E-state index >= 15 is 0 Å². The minimum atomic E-state index is -4.44. The fourth-order valence-corrected chi connectivity index (χ4v) is 1.63. The monoisotopic (exact) mass is 225 g/mol. The summed E-state index contributed by atoms with van der Waals surface area (Å²) in [5.41, 5.74) is 5.61. The molecule has 0 heterocycles. The molecule has 15 heavy (non-hydrogen) atoms. The van der Waals surface area contributed by atoms with E-state index in [1.807, 2.05) is 0 Å². The van der Waals surface area contributed by atoms with E-state index in [2.05, 4.69) is 4.74 Å². The highest BCUT2D eigenvalue weighted by atomic mass is 19.4. The Bertz CT molecular complexity index is 222. The van der Waals surface area contributed by atoms with Crippen molar-refractivity contribution in [2.45, 2.75) is 37.9 Å². The number of carbonyl (C=O) groups excluding carboxylic acids is 1. The topological polar surface area (TPSA) is 52.3 Å². The Morgan fingerprint density at radius 2 is 1.80 bits per heavy atom. The lowest BCUT2D eigenvalue weighted by Gasteiger charge is -2.24. The molecule has 0 saturated heterocycles. The van der Waals surface area contributed by atoms with Crippen LogP contribution in [0.3, 0.4) is 0 Å². The predicted molar refractivity (Wildman–Crippen MR) is 46.9 cm³/mol. The molecule has 1 aliphatic rings. The summed E-state index contributed by atoms with van der Waals surface area (Å²) in [4.78, 5) is 11.2. The van der Waals surface area contributed by atoms with Gasteiger partial charge in [0, 0.05) is 6.04 Å². The summed E-state index contributed by atoms with van der Waals surface area (Å²) in [6, 6.07) is 0.0664. The average Bonchev–Trinajstić information content (AvgIpc) is 2.14. The molecule has 6 heteroatoms. The molecule has 0 aromatic rings. The van der Waals surface area contributed by atoms with Crippen molar-refractivity contribution in [1.82, 2.24) is 0 Å². The lowest BCUT2D eigenvalue weighted by Crippen LogP contribution is -2.32. The molecule has 0 aromatic carbocycles. The third kappa shape index (κ3) is 4.51. The molecule has 88 valence electrons. The molecule has 2 N–H and O–H groups in total. The van der Waals surface area contributed by atoms with Crippen LogP contribution in [0.2, 0.25) is 0 Å². The van der Waals surface area contributed by atoms with Crippen molar-refractivity contribution in [3.8, 4) is 0 Å². The molecule has 0 aliphatic heterocycles. The molecule has 0 amide bonds. The Balaban J connectivity index is 2.29. The zero-order valence-corrected chi connectivity index (χ0v) is 8.22. The number of rotatable bonds is 2. The first-order chi connectivity index (χ1) is 6.88. The number of carbonyl (C=O) groups is 1. The van der Waals surface area contributed by atoms with Gasteiger partial charge in [0.05, 0.1) is 5.92 Å². The number of nitrogens with two attached hydrogens (primary N) is 1. The summed E-state index contributed by atoms with van der Waals surface area (Å²) in [7, 11) is 0. The summed E-state index contributed by atoms with van der Waals surface area (Å²) in [6.07, 6.45) is -2.05. The molecular formula is C9H14F3NO2. The number of halogens is 3. The van der Waals surface area contributed by atoms with Gasteiger partial charge in [0.15, 0.2) is 6.61 Å². The van der Waals surface area contributed by atoms with Crippen LogP contribution in [0.5, 0.6) is 0 Å². The van der Waals surface area contributed by atoms with Gasteiger partial charge in [-0.1, -0.05) is 0 Å². The fourth-order valence-electron chi connectivity index (χ4n) is 1.63. The van der Waals surface area contributed by atoms with E-state index in [4.69, 9.17) is 5.73 Å². The van der Waals surface area contributed by atoms with E-state index in [1.54, 1.807) is 0 Å². The van der Waals surface area contributed by atoms with Crippen molar-refractivity contribution >= 4 is 5.97 Å². The van der Waals surface area contributed by atoms with Crippen LogP contribution in [0.25, 0.3) is 0 Å². The highest BCUT2D eigenvalue weighted by Gasteiger charge is 2.32. The maximum Gasteiger partial charge on any atom is 0.422 e. The van der Waals surface area contributed by atoms with Gasteiger partial charge in [-0.05, 0) is 25.7 Å². The minimum Gasteiger partial charge on any atom is -0.456 e. The van der Waals surface area contributed by atoms with Gasteiger partial charge in [-0.25, -0.2) is 0 Å². The molecule has 1 aliphatic carbocycles. The molecule has 0 aromatic heterocycles. The standard InChI is InChI=1S/C9H14F3NO2/c10-9(11,12)5-15-8(14)6-1-3-7(13)4-2-6/h6-7H,1-5,13H2. The molecule has 1 rings (SSSR count). The normalized spacial score (nSPS) is 27.5. The van der Waals surface area contributed by atoms with Gasteiger partial charge in [-0.3, -0.25) is 4.79 Å². The maximum absolute atomic E-state index is 11.7. The van der Waals surface area contributed by atoms with Crippen LogP contribution in [0.4, 0.5) is 13.2 Å². The van der Waals surface area contributed by atoms with Crippen molar-refractivity contribution in [2.24, 2.45) is 11.7 Å². The third-order valence-corrected chi connectivity index (χ3v) is 2.48.